The standard InChI is InChI=1S/C12H11ClN2O2/c13-6-10-3-4-11(17-10)12(16)15-8-9-2-1-5-14-7-9/h1-5,7H,6,8H2,(H,15,16). The first kappa shape index (κ1) is 11.7. The summed E-state index contributed by atoms with van der Waals surface area (Å²) < 4.78 is 5.22. The van der Waals surface area contributed by atoms with E-state index < -0.39 is 0 Å². The summed E-state index contributed by atoms with van der Waals surface area (Å²) >= 11 is 5.58. The van der Waals surface area contributed by atoms with Crippen molar-refractivity contribution in [3.05, 3.63) is 53.7 Å². The van der Waals surface area contributed by atoms with E-state index in [4.69, 9.17) is 16.0 Å². The fraction of sp³-hybridized carbons (Fsp3) is 0.167. The highest BCUT2D eigenvalue weighted by Gasteiger charge is 2.10. The van der Waals surface area contributed by atoms with Crippen LogP contribution in [0.15, 0.2) is 41.1 Å². The number of pyridine rings is 1. The molecule has 17 heavy (non-hydrogen) atoms. The van der Waals surface area contributed by atoms with Crippen molar-refractivity contribution in [2.24, 2.45) is 0 Å². The molecule has 1 amide bonds. The first-order valence-corrected chi connectivity index (χ1v) is 5.65. The van der Waals surface area contributed by atoms with Crippen LogP contribution in [0.2, 0.25) is 0 Å². The molecule has 1 N–H and O–H groups in total. The van der Waals surface area contributed by atoms with Crippen molar-refractivity contribution in [2.75, 3.05) is 0 Å². The summed E-state index contributed by atoms with van der Waals surface area (Å²) in [4.78, 5) is 15.6. The van der Waals surface area contributed by atoms with E-state index in [2.05, 4.69) is 10.3 Å². The molecule has 88 valence electrons. The van der Waals surface area contributed by atoms with Crippen LogP contribution in [0.5, 0.6) is 0 Å². The number of nitrogens with one attached hydrogen (secondary N) is 1. The largest absolute Gasteiger partial charge is 0.455 e. The van der Waals surface area contributed by atoms with Gasteiger partial charge in [0.25, 0.3) is 5.91 Å². The molecule has 2 aromatic heterocycles. The third-order valence-electron chi connectivity index (χ3n) is 2.19. The molecule has 2 heterocycles. The number of rotatable bonds is 4. The van der Waals surface area contributed by atoms with Gasteiger partial charge >= 0.3 is 0 Å². The average Bonchev–Trinajstić information content (AvgIpc) is 2.86. The highest BCUT2D eigenvalue weighted by atomic mass is 35.5. The zero-order valence-electron chi connectivity index (χ0n) is 9.02. The number of amides is 1. The number of nitrogens with zero attached hydrogens (tertiary/aromatic N) is 1. The van der Waals surface area contributed by atoms with E-state index in [9.17, 15) is 4.79 Å². The molecule has 4 nitrogen and oxygen atoms in total. The lowest BCUT2D eigenvalue weighted by molar-refractivity contribution is 0.0921. The van der Waals surface area contributed by atoms with Crippen LogP contribution in [0, 0.1) is 0 Å². The quantitative estimate of drug-likeness (QED) is 0.848. The molecule has 0 aliphatic carbocycles. The number of halogens is 1. The van der Waals surface area contributed by atoms with Crippen molar-refractivity contribution in [3.63, 3.8) is 0 Å². The van der Waals surface area contributed by atoms with Gasteiger partial charge in [-0.15, -0.1) is 11.6 Å². The molecule has 0 aliphatic rings. The van der Waals surface area contributed by atoms with Gasteiger partial charge in [-0.05, 0) is 23.8 Å². The zero-order chi connectivity index (χ0) is 12.1. The fourth-order valence-corrected chi connectivity index (χ4v) is 1.49. The number of hydrogen-bond donors (Lipinski definition) is 1. The average molecular weight is 251 g/mol. The minimum Gasteiger partial charge on any atom is -0.455 e. The van der Waals surface area contributed by atoms with Crippen molar-refractivity contribution in [2.45, 2.75) is 12.4 Å². The molecule has 0 aromatic carbocycles. The molecule has 0 saturated heterocycles. The molecule has 0 radical (unpaired) electrons. The maximum atomic E-state index is 11.7. The Bertz CT molecular complexity index is 496. The molecular weight excluding hydrogens is 240 g/mol. The molecule has 2 rings (SSSR count). The lowest BCUT2D eigenvalue weighted by atomic mass is 10.3. The Hall–Kier alpha value is -1.81. The maximum absolute atomic E-state index is 11.7. The van der Waals surface area contributed by atoms with Gasteiger partial charge in [-0.1, -0.05) is 6.07 Å². The molecule has 0 spiro atoms. The molecule has 0 fully saturated rings. The first-order valence-electron chi connectivity index (χ1n) is 5.11. The lowest BCUT2D eigenvalue weighted by Crippen LogP contribution is -2.22. The maximum Gasteiger partial charge on any atom is 0.287 e. The second-order valence-corrected chi connectivity index (χ2v) is 3.71. The lowest BCUT2D eigenvalue weighted by Gasteiger charge is -2.02. The third kappa shape index (κ3) is 3.07. The van der Waals surface area contributed by atoms with Crippen LogP contribution >= 0.6 is 11.6 Å². The Morgan fingerprint density at radius 3 is 2.94 bits per heavy atom. The van der Waals surface area contributed by atoms with Gasteiger partial charge in [-0.3, -0.25) is 9.78 Å². The number of furan rings is 1. The number of hydrogen-bond acceptors (Lipinski definition) is 3. The van der Waals surface area contributed by atoms with E-state index in [0.29, 0.717) is 12.3 Å². The van der Waals surface area contributed by atoms with Crippen molar-refractivity contribution in [1.29, 1.82) is 0 Å². The summed E-state index contributed by atoms with van der Waals surface area (Å²) in [5, 5.41) is 2.74. The third-order valence-corrected chi connectivity index (χ3v) is 2.46. The van der Waals surface area contributed by atoms with E-state index in [1.54, 1.807) is 24.5 Å². The van der Waals surface area contributed by atoms with E-state index in [-0.39, 0.29) is 17.5 Å². The van der Waals surface area contributed by atoms with Crippen LogP contribution < -0.4 is 5.32 Å². The van der Waals surface area contributed by atoms with E-state index in [0.717, 1.165) is 5.56 Å². The van der Waals surface area contributed by atoms with Gasteiger partial charge in [-0.25, -0.2) is 0 Å². The summed E-state index contributed by atoms with van der Waals surface area (Å²) in [5.41, 5.74) is 0.935. The van der Waals surface area contributed by atoms with Gasteiger partial charge in [0.15, 0.2) is 5.76 Å². The summed E-state index contributed by atoms with van der Waals surface area (Å²) in [6, 6.07) is 7.00. The van der Waals surface area contributed by atoms with Crippen molar-refractivity contribution >= 4 is 17.5 Å². The predicted octanol–water partition coefficient (Wildman–Crippen LogP) is 2.34. The summed E-state index contributed by atoms with van der Waals surface area (Å²) in [5.74, 6) is 0.851. The van der Waals surface area contributed by atoms with Gasteiger partial charge in [0.05, 0.1) is 5.88 Å². The van der Waals surface area contributed by atoms with Gasteiger partial charge in [0, 0.05) is 18.9 Å². The molecule has 0 atom stereocenters. The molecule has 0 bridgehead atoms. The topological polar surface area (TPSA) is 55.1 Å². The Balaban J connectivity index is 1.93. The minimum atomic E-state index is -0.259. The number of alkyl halides is 1. The van der Waals surface area contributed by atoms with Crippen LogP contribution in [0.3, 0.4) is 0 Å². The van der Waals surface area contributed by atoms with Crippen molar-refractivity contribution < 1.29 is 9.21 Å². The number of carbonyl (C=O) groups excluding carboxylic acids is 1. The Morgan fingerprint density at radius 1 is 1.41 bits per heavy atom. The van der Waals surface area contributed by atoms with Crippen LogP contribution in [-0.4, -0.2) is 10.9 Å². The van der Waals surface area contributed by atoms with E-state index in [1.807, 2.05) is 12.1 Å². The predicted molar refractivity (Wildman–Crippen MR) is 63.7 cm³/mol. The summed E-state index contributed by atoms with van der Waals surface area (Å²) in [6.07, 6.45) is 3.39. The summed E-state index contributed by atoms with van der Waals surface area (Å²) in [6.45, 7) is 0.420. The first-order chi connectivity index (χ1) is 8.29. The van der Waals surface area contributed by atoms with Crippen LogP contribution in [0.4, 0.5) is 0 Å². The molecule has 0 unspecified atom stereocenters. The summed E-state index contributed by atoms with van der Waals surface area (Å²) in [7, 11) is 0. The number of carbonyl (C=O) groups is 1. The number of aromatic nitrogens is 1. The molecule has 2 aromatic rings. The van der Waals surface area contributed by atoms with E-state index in [1.165, 1.54) is 0 Å². The fourth-order valence-electron chi connectivity index (χ4n) is 1.34. The smallest absolute Gasteiger partial charge is 0.287 e. The zero-order valence-corrected chi connectivity index (χ0v) is 9.78. The van der Waals surface area contributed by atoms with Gasteiger partial charge in [0.1, 0.15) is 5.76 Å². The van der Waals surface area contributed by atoms with Gasteiger partial charge in [0.2, 0.25) is 0 Å². The SMILES string of the molecule is O=C(NCc1cccnc1)c1ccc(CCl)o1. The molecule has 0 aliphatic heterocycles. The molecule has 5 heteroatoms. The van der Waals surface area contributed by atoms with Gasteiger partial charge in [-0.2, -0.15) is 0 Å². The molecular formula is C12H11ClN2O2. The highest BCUT2D eigenvalue weighted by Crippen LogP contribution is 2.10. The minimum absolute atomic E-state index is 0.259. The van der Waals surface area contributed by atoms with Crippen molar-refractivity contribution in [1.82, 2.24) is 10.3 Å². The van der Waals surface area contributed by atoms with Crippen molar-refractivity contribution in [3.8, 4) is 0 Å². The Labute approximate surface area is 104 Å². The van der Waals surface area contributed by atoms with Crippen LogP contribution in [-0.2, 0) is 12.4 Å². The second kappa shape index (κ2) is 5.50. The normalized spacial score (nSPS) is 10.2. The monoisotopic (exact) mass is 250 g/mol. The highest BCUT2D eigenvalue weighted by molar-refractivity contribution is 6.16. The van der Waals surface area contributed by atoms with E-state index >= 15 is 0 Å². The second-order valence-electron chi connectivity index (χ2n) is 3.44. The Kier molecular flexibility index (Phi) is 3.77. The van der Waals surface area contributed by atoms with Gasteiger partial charge < -0.3 is 9.73 Å². The van der Waals surface area contributed by atoms with Crippen LogP contribution in [0.1, 0.15) is 21.9 Å². The molecule has 0 saturated carbocycles. The van der Waals surface area contributed by atoms with Crippen LogP contribution in [0.25, 0.3) is 0 Å². The Morgan fingerprint density at radius 2 is 2.29 bits per heavy atom.